The van der Waals surface area contributed by atoms with E-state index in [1.54, 1.807) is 6.07 Å². The van der Waals surface area contributed by atoms with Crippen LogP contribution in [0, 0.1) is 5.92 Å². The standard InChI is InChI=1S/C13H14F3N3O2S2/c14-13(15,16)8-4-1-2-5-9(8)19-23(20,21)11-7-3-6-10-12(11)18-22-17-10/h3,6-9,19H,1-2,4-5H2. The fourth-order valence-corrected chi connectivity index (χ4v) is 5.00. The highest BCUT2D eigenvalue weighted by atomic mass is 32.2. The normalized spacial score (nSPS) is 23.3. The molecule has 126 valence electrons. The van der Waals surface area contributed by atoms with Crippen molar-refractivity contribution in [3.8, 4) is 0 Å². The Labute approximate surface area is 135 Å². The summed E-state index contributed by atoms with van der Waals surface area (Å²) in [5, 5.41) is 0. The maximum absolute atomic E-state index is 13.1. The molecule has 2 atom stereocenters. The molecule has 0 bridgehead atoms. The zero-order chi connectivity index (χ0) is 16.7. The van der Waals surface area contributed by atoms with E-state index in [1.807, 2.05) is 0 Å². The van der Waals surface area contributed by atoms with Crippen molar-refractivity contribution >= 4 is 32.8 Å². The van der Waals surface area contributed by atoms with Crippen molar-refractivity contribution in [1.29, 1.82) is 0 Å². The van der Waals surface area contributed by atoms with Crippen LogP contribution in [0.3, 0.4) is 0 Å². The average molecular weight is 365 g/mol. The van der Waals surface area contributed by atoms with E-state index in [2.05, 4.69) is 13.5 Å². The molecule has 0 spiro atoms. The number of alkyl halides is 3. The van der Waals surface area contributed by atoms with Crippen LogP contribution in [-0.4, -0.2) is 29.4 Å². The Bertz CT molecular complexity index is 804. The summed E-state index contributed by atoms with van der Waals surface area (Å²) in [6.45, 7) is 0. The van der Waals surface area contributed by atoms with Gasteiger partial charge in [-0.1, -0.05) is 18.9 Å². The van der Waals surface area contributed by atoms with Gasteiger partial charge in [0.2, 0.25) is 10.0 Å². The predicted octanol–water partition coefficient (Wildman–Crippen LogP) is 3.09. The lowest BCUT2D eigenvalue weighted by Gasteiger charge is -2.33. The number of halogens is 3. The van der Waals surface area contributed by atoms with E-state index in [0.717, 1.165) is 11.7 Å². The van der Waals surface area contributed by atoms with Gasteiger partial charge in [0.05, 0.1) is 17.6 Å². The number of sulfonamides is 1. The number of aromatic nitrogens is 2. The number of benzene rings is 1. The first kappa shape index (κ1) is 16.6. The number of nitrogens with one attached hydrogen (secondary N) is 1. The third-order valence-corrected chi connectivity index (χ3v) is 6.10. The van der Waals surface area contributed by atoms with E-state index in [4.69, 9.17) is 0 Å². The molecule has 23 heavy (non-hydrogen) atoms. The van der Waals surface area contributed by atoms with E-state index in [0.29, 0.717) is 18.4 Å². The number of rotatable bonds is 3. The van der Waals surface area contributed by atoms with Gasteiger partial charge in [-0.3, -0.25) is 0 Å². The molecule has 1 heterocycles. The summed E-state index contributed by atoms with van der Waals surface area (Å²) in [4.78, 5) is -0.129. The van der Waals surface area contributed by atoms with Crippen LogP contribution in [0.15, 0.2) is 23.1 Å². The third-order valence-electron chi connectivity index (χ3n) is 4.03. The molecule has 1 aromatic heterocycles. The Balaban J connectivity index is 1.92. The molecule has 0 saturated heterocycles. The predicted molar refractivity (Wildman–Crippen MR) is 79.5 cm³/mol. The monoisotopic (exact) mass is 365 g/mol. The van der Waals surface area contributed by atoms with Crippen LogP contribution < -0.4 is 4.72 Å². The Hall–Kier alpha value is -1.26. The first-order valence-electron chi connectivity index (χ1n) is 7.09. The van der Waals surface area contributed by atoms with Gasteiger partial charge in [-0.15, -0.1) is 0 Å². The highest BCUT2D eigenvalue weighted by molar-refractivity contribution is 7.89. The van der Waals surface area contributed by atoms with Gasteiger partial charge in [-0.2, -0.15) is 21.9 Å². The minimum absolute atomic E-state index is 0.0564. The van der Waals surface area contributed by atoms with Gasteiger partial charge in [-0.05, 0) is 25.0 Å². The molecule has 10 heteroatoms. The lowest BCUT2D eigenvalue weighted by atomic mass is 9.85. The van der Waals surface area contributed by atoms with Crippen LogP contribution in [0.5, 0.6) is 0 Å². The largest absolute Gasteiger partial charge is 0.393 e. The molecule has 2 aromatic rings. The van der Waals surface area contributed by atoms with Crippen molar-refractivity contribution in [2.75, 3.05) is 0 Å². The van der Waals surface area contributed by atoms with Crippen molar-refractivity contribution in [2.24, 2.45) is 5.92 Å². The van der Waals surface area contributed by atoms with Gasteiger partial charge < -0.3 is 0 Å². The molecule has 1 fully saturated rings. The highest BCUT2D eigenvalue weighted by Crippen LogP contribution is 2.38. The van der Waals surface area contributed by atoms with Crippen molar-refractivity contribution in [3.63, 3.8) is 0 Å². The quantitative estimate of drug-likeness (QED) is 0.907. The van der Waals surface area contributed by atoms with Gasteiger partial charge >= 0.3 is 6.18 Å². The second kappa shape index (κ2) is 5.99. The summed E-state index contributed by atoms with van der Waals surface area (Å²) in [6.07, 6.45) is -3.27. The summed E-state index contributed by atoms with van der Waals surface area (Å²) in [5.41, 5.74) is 0.596. The summed E-state index contributed by atoms with van der Waals surface area (Å²) in [7, 11) is -4.10. The Morgan fingerprint density at radius 2 is 1.91 bits per heavy atom. The smallest absolute Gasteiger partial charge is 0.207 e. The van der Waals surface area contributed by atoms with Crippen LogP contribution in [0.25, 0.3) is 11.0 Å². The van der Waals surface area contributed by atoms with Crippen LogP contribution in [-0.2, 0) is 10.0 Å². The van der Waals surface area contributed by atoms with Crippen molar-refractivity contribution < 1.29 is 21.6 Å². The SMILES string of the molecule is O=S(=O)(NC1CCCCC1C(F)(F)F)c1cccc2nsnc12. The molecule has 1 aliphatic carbocycles. The molecule has 2 unspecified atom stereocenters. The minimum atomic E-state index is -4.41. The number of hydrogen-bond donors (Lipinski definition) is 1. The molecule has 1 N–H and O–H groups in total. The first-order chi connectivity index (χ1) is 10.8. The lowest BCUT2D eigenvalue weighted by Crippen LogP contribution is -2.47. The molecule has 5 nitrogen and oxygen atoms in total. The second-order valence-electron chi connectivity index (χ2n) is 5.55. The second-order valence-corrected chi connectivity index (χ2v) is 7.76. The van der Waals surface area contributed by atoms with E-state index >= 15 is 0 Å². The van der Waals surface area contributed by atoms with E-state index in [9.17, 15) is 21.6 Å². The zero-order valence-electron chi connectivity index (χ0n) is 11.9. The van der Waals surface area contributed by atoms with Gasteiger partial charge in [0, 0.05) is 6.04 Å². The molecule has 0 radical (unpaired) electrons. The molecule has 0 amide bonds. The Morgan fingerprint density at radius 3 is 2.65 bits per heavy atom. The Morgan fingerprint density at radius 1 is 1.17 bits per heavy atom. The van der Waals surface area contributed by atoms with Crippen LogP contribution in [0.4, 0.5) is 13.2 Å². The summed E-state index contributed by atoms with van der Waals surface area (Å²) in [5.74, 6) is -1.65. The van der Waals surface area contributed by atoms with Crippen LogP contribution >= 0.6 is 11.7 Å². The van der Waals surface area contributed by atoms with Gasteiger partial charge in [0.1, 0.15) is 15.9 Å². The van der Waals surface area contributed by atoms with Crippen molar-refractivity contribution in [1.82, 2.24) is 13.5 Å². The topological polar surface area (TPSA) is 72.0 Å². The number of fused-ring (bicyclic) bond motifs is 1. The zero-order valence-corrected chi connectivity index (χ0v) is 13.5. The highest BCUT2D eigenvalue weighted by Gasteiger charge is 2.46. The molecule has 1 aliphatic rings. The first-order valence-corrected chi connectivity index (χ1v) is 9.31. The Kier molecular flexibility index (Phi) is 4.32. The summed E-state index contributed by atoms with van der Waals surface area (Å²) < 4.78 is 74.6. The maximum atomic E-state index is 13.1. The van der Waals surface area contributed by atoms with E-state index in [1.165, 1.54) is 12.1 Å². The molecule has 3 rings (SSSR count). The third kappa shape index (κ3) is 3.33. The maximum Gasteiger partial charge on any atom is 0.393 e. The van der Waals surface area contributed by atoms with Gasteiger partial charge in [0.25, 0.3) is 0 Å². The number of hydrogen-bond acceptors (Lipinski definition) is 5. The summed E-state index contributed by atoms with van der Waals surface area (Å²) in [6, 6.07) is 3.30. The van der Waals surface area contributed by atoms with Crippen molar-refractivity contribution in [2.45, 2.75) is 42.8 Å². The fraction of sp³-hybridized carbons (Fsp3) is 0.538. The van der Waals surface area contributed by atoms with Crippen LogP contribution in [0.1, 0.15) is 25.7 Å². The fourth-order valence-electron chi connectivity index (χ4n) is 2.92. The van der Waals surface area contributed by atoms with Gasteiger partial charge in [0.15, 0.2) is 0 Å². The molecule has 1 saturated carbocycles. The summed E-state index contributed by atoms with van der Waals surface area (Å²) >= 11 is 0.862. The average Bonchev–Trinajstić information content (AvgIpc) is 2.94. The molecule has 0 aliphatic heterocycles. The minimum Gasteiger partial charge on any atom is -0.207 e. The molecular weight excluding hydrogens is 351 g/mol. The molecular formula is C13H14F3N3O2S2. The van der Waals surface area contributed by atoms with E-state index in [-0.39, 0.29) is 23.3 Å². The molecule has 1 aromatic carbocycles. The van der Waals surface area contributed by atoms with E-state index < -0.39 is 28.2 Å². The van der Waals surface area contributed by atoms with Crippen LogP contribution in [0.2, 0.25) is 0 Å². The van der Waals surface area contributed by atoms with Crippen molar-refractivity contribution in [3.05, 3.63) is 18.2 Å². The number of nitrogens with zero attached hydrogens (tertiary/aromatic N) is 2. The van der Waals surface area contributed by atoms with Gasteiger partial charge in [-0.25, -0.2) is 13.1 Å². The lowest BCUT2D eigenvalue weighted by molar-refractivity contribution is -0.187.